The van der Waals surface area contributed by atoms with Crippen molar-refractivity contribution in [2.45, 2.75) is 39.2 Å². The number of hydrogen-bond donors (Lipinski definition) is 2. The summed E-state index contributed by atoms with van der Waals surface area (Å²) in [4.78, 5) is 24.9. The highest BCUT2D eigenvalue weighted by atomic mass is 19.4. The first-order valence-corrected chi connectivity index (χ1v) is 7.51. The highest BCUT2D eigenvalue weighted by Gasteiger charge is 2.32. The fraction of sp³-hybridized carbons (Fsp3) is 0.500. The number of alkyl halides is 3. The number of likely N-dealkylation sites (N-methyl/N-ethyl adjacent to an activating group) is 1. The zero-order valence-electron chi connectivity index (χ0n) is 14.5. The summed E-state index contributed by atoms with van der Waals surface area (Å²) in [6.07, 6.45) is -4.82. The third kappa shape index (κ3) is 8.27. The minimum atomic E-state index is -4.82. The molecule has 3 amide bonds. The molecule has 0 aliphatic carbocycles. The molecule has 0 saturated heterocycles. The van der Waals surface area contributed by atoms with E-state index in [-0.39, 0.29) is 30.3 Å². The summed E-state index contributed by atoms with van der Waals surface area (Å²) in [6, 6.07) is 4.91. The van der Waals surface area contributed by atoms with Crippen molar-refractivity contribution < 1.29 is 27.5 Å². The molecule has 1 rings (SSSR count). The molecule has 0 heterocycles. The number of amides is 3. The second-order valence-electron chi connectivity index (χ2n) is 6.47. The van der Waals surface area contributed by atoms with Crippen LogP contribution in [0.15, 0.2) is 24.3 Å². The van der Waals surface area contributed by atoms with Gasteiger partial charge in [-0.1, -0.05) is 18.2 Å². The molecule has 0 unspecified atom stereocenters. The van der Waals surface area contributed by atoms with Crippen molar-refractivity contribution in [2.24, 2.45) is 0 Å². The van der Waals surface area contributed by atoms with Crippen molar-refractivity contribution in [1.82, 2.24) is 15.5 Å². The molecule has 0 saturated carbocycles. The van der Waals surface area contributed by atoms with Crippen molar-refractivity contribution >= 4 is 11.9 Å². The van der Waals surface area contributed by atoms with E-state index in [1.54, 1.807) is 0 Å². The van der Waals surface area contributed by atoms with Gasteiger partial charge in [0.05, 0.1) is 0 Å². The Balaban J connectivity index is 2.60. The molecule has 0 radical (unpaired) electrons. The van der Waals surface area contributed by atoms with E-state index in [0.717, 1.165) is 11.0 Å². The molecule has 1 aromatic rings. The average molecular weight is 361 g/mol. The minimum absolute atomic E-state index is 0.167. The zero-order chi connectivity index (χ0) is 19.3. The van der Waals surface area contributed by atoms with Gasteiger partial charge in [-0.15, -0.1) is 13.2 Å². The van der Waals surface area contributed by atoms with Gasteiger partial charge in [0.15, 0.2) is 0 Å². The Bertz CT molecular complexity index is 613. The van der Waals surface area contributed by atoms with E-state index < -0.39 is 17.9 Å². The zero-order valence-corrected chi connectivity index (χ0v) is 14.5. The smallest absolute Gasteiger partial charge is 0.405 e. The Hall–Kier alpha value is -2.45. The van der Waals surface area contributed by atoms with Gasteiger partial charge in [-0.05, 0) is 26.8 Å². The number of nitrogens with one attached hydrogen (secondary N) is 2. The number of halogens is 3. The van der Waals surface area contributed by atoms with Gasteiger partial charge in [-0.3, -0.25) is 4.79 Å². The van der Waals surface area contributed by atoms with Crippen LogP contribution >= 0.6 is 0 Å². The first-order chi connectivity index (χ1) is 11.4. The van der Waals surface area contributed by atoms with E-state index >= 15 is 0 Å². The second kappa shape index (κ2) is 8.09. The molecule has 0 bridgehead atoms. The summed E-state index contributed by atoms with van der Waals surface area (Å²) in [5, 5.41) is 5.16. The van der Waals surface area contributed by atoms with Crippen LogP contribution in [0.3, 0.4) is 0 Å². The Kier molecular flexibility index (Phi) is 6.66. The molecule has 0 atom stereocenters. The average Bonchev–Trinajstić information content (AvgIpc) is 2.42. The summed E-state index contributed by atoms with van der Waals surface area (Å²) in [5.74, 6) is -0.727. The Morgan fingerprint density at radius 3 is 2.32 bits per heavy atom. The van der Waals surface area contributed by atoms with Gasteiger partial charge in [-0.25, -0.2) is 4.79 Å². The normalized spacial score (nSPS) is 11.6. The molecule has 0 spiro atoms. The SMILES string of the molecule is CN(CC(=O)NC(C)(C)C)C(=O)NCc1ccccc1OC(F)(F)F. The van der Waals surface area contributed by atoms with Gasteiger partial charge in [0.1, 0.15) is 12.3 Å². The largest absolute Gasteiger partial charge is 0.573 e. The van der Waals surface area contributed by atoms with E-state index in [4.69, 9.17) is 0 Å². The minimum Gasteiger partial charge on any atom is -0.405 e. The lowest BCUT2D eigenvalue weighted by Crippen LogP contribution is -2.48. The van der Waals surface area contributed by atoms with Crippen LogP contribution in [0.1, 0.15) is 26.3 Å². The molecule has 0 aliphatic heterocycles. The third-order valence-corrected chi connectivity index (χ3v) is 2.87. The number of para-hydroxylation sites is 1. The predicted molar refractivity (Wildman–Crippen MR) is 85.9 cm³/mol. The first kappa shape index (κ1) is 20.6. The Labute approximate surface area is 144 Å². The lowest BCUT2D eigenvalue weighted by Gasteiger charge is -2.23. The fourth-order valence-electron chi connectivity index (χ4n) is 1.92. The number of hydrogen-bond acceptors (Lipinski definition) is 3. The standard InChI is InChI=1S/C16H22F3N3O3/c1-15(2,3)21-13(23)10-22(4)14(24)20-9-11-7-5-6-8-12(11)25-16(17,18)19/h5-8H,9-10H2,1-4H3,(H,20,24)(H,21,23). The molecule has 6 nitrogen and oxygen atoms in total. The Morgan fingerprint density at radius 1 is 1.16 bits per heavy atom. The number of benzene rings is 1. The van der Waals surface area contributed by atoms with E-state index in [2.05, 4.69) is 15.4 Å². The quantitative estimate of drug-likeness (QED) is 0.847. The van der Waals surface area contributed by atoms with Crippen LogP contribution in [0.4, 0.5) is 18.0 Å². The van der Waals surface area contributed by atoms with Gasteiger partial charge in [0, 0.05) is 24.7 Å². The number of nitrogens with zero attached hydrogens (tertiary/aromatic N) is 1. The Morgan fingerprint density at radius 2 is 1.76 bits per heavy atom. The maximum atomic E-state index is 12.4. The molecule has 9 heteroatoms. The van der Waals surface area contributed by atoms with Crippen LogP contribution in [-0.2, 0) is 11.3 Å². The molecular formula is C16H22F3N3O3. The summed E-state index contributed by atoms with van der Waals surface area (Å²) >= 11 is 0. The van der Waals surface area contributed by atoms with Crippen molar-refractivity contribution in [1.29, 1.82) is 0 Å². The number of carbonyl (C=O) groups excluding carboxylic acids is 2. The number of carbonyl (C=O) groups is 2. The monoisotopic (exact) mass is 361 g/mol. The maximum Gasteiger partial charge on any atom is 0.573 e. The summed E-state index contributed by atoms with van der Waals surface area (Å²) in [7, 11) is 1.41. The van der Waals surface area contributed by atoms with E-state index in [1.807, 2.05) is 20.8 Å². The molecule has 0 aromatic heterocycles. The van der Waals surface area contributed by atoms with Gasteiger partial charge in [0.2, 0.25) is 5.91 Å². The molecule has 2 N–H and O–H groups in total. The van der Waals surface area contributed by atoms with E-state index in [9.17, 15) is 22.8 Å². The molecule has 1 aromatic carbocycles. The number of ether oxygens (including phenoxy) is 1. The van der Waals surface area contributed by atoms with Gasteiger partial charge >= 0.3 is 12.4 Å². The van der Waals surface area contributed by atoms with Crippen LogP contribution in [0.5, 0.6) is 5.75 Å². The topological polar surface area (TPSA) is 70.7 Å². The van der Waals surface area contributed by atoms with Gasteiger partial charge in [-0.2, -0.15) is 0 Å². The van der Waals surface area contributed by atoms with Gasteiger partial charge in [0.25, 0.3) is 0 Å². The summed E-state index contributed by atoms with van der Waals surface area (Å²) < 4.78 is 41.0. The van der Waals surface area contributed by atoms with Crippen molar-refractivity contribution in [3.8, 4) is 5.75 Å². The molecular weight excluding hydrogens is 339 g/mol. The maximum absolute atomic E-state index is 12.4. The van der Waals surface area contributed by atoms with Crippen LogP contribution in [-0.4, -0.2) is 42.3 Å². The fourth-order valence-corrected chi connectivity index (χ4v) is 1.92. The lowest BCUT2D eigenvalue weighted by atomic mass is 10.1. The second-order valence-corrected chi connectivity index (χ2v) is 6.47. The van der Waals surface area contributed by atoms with Crippen LogP contribution in [0.25, 0.3) is 0 Å². The molecule has 0 aliphatic rings. The van der Waals surface area contributed by atoms with Crippen LogP contribution in [0.2, 0.25) is 0 Å². The molecule has 140 valence electrons. The summed E-state index contributed by atoms with van der Waals surface area (Å²) in [6.45, 7) is 5.08. The van der Waals surface area contributed by atoms with Crippen molar-refractivity contribution in [2.75, 3.05) is 13.6 Å². The van der Waals surface area contributed by atoms with Crippen LogP contribution in [0, 0.1) is 0 Å². The van der Waals surface area contributed by atoms with Crippen molar-refractivity contribution in [3.05, 3.63) is 29.8 Å². The first-order valence-electron chi connectivity index (χ1n) is 7.51. The summed E-state index contributed by atoms with van der Waals surface area (Å²) in [5.41, 5.74) is -0.261. The molecule has 0 fully saturated rings. The van der Waals surface area contributed by atoms with Crippen LogP contribution < -0.4 is 15.4 Å². The highest BCUT2D eigenvalue weighted by Crippen LogP contribution is 2.26. The number of rotatable bonds is 5. The van der Waals surface area contributed by atoms with Crippen molar-refractivity contribution in [3.63, 3.8) is 0 Å². The van der Waals surface area contributed by atoms with Gasteiger partial charge < -0.3 is 20.3 Å². The van der Waals surface area contributed by atoms with E-state index in [0.29, 0.717) is 0 Å². The highest BCUT2D eigenvalue weighted by molar-refractivity contribution is 5.84. The number of urea groups is 1. The van der Waals surface area contributed by atoms with E-state index in [1.165, 1.54) is 25.2 Å². The lowest BCUT2D eigenvalue weighted by molar-refractivity contribution is -0.274. The molecule has 25 heavy (non-hydrogen) atoms. The predicted octanol–water partition coefficient (Wildman–Crippen LogP) is 2.64. The third-order valence-electron chi connectivity index (χ3n) is 2.87.